The van der Waals surface area contributed by atoms with Gasteiger partial charge in [0.2, 0.25) is 10.0 Å². The fraction of sp³-hybridized carbons (Fsp3) is 0.444. The molecule has 0 saturated heterocycles. The molecule has 1 heterocycles. The van der Waals surface area contributed by atoms with Crippen LogP contribution in [-0.2, 0) is 10.0 Å². The van der Waals surface area contributed by atoms with Gasteiger partial charge in [-0.15, -0.1) is 0 Å². The molecule has 16 heavy (non-hydrogen) atoms. The molecule has 0 atom stereocenters. The van der Waals surface area contributed by atoms with Crippen molar-refractivity contribution in [3.05, 3.63) is 18.3 Å². The van der Waals surface area contributed by atoms with Crippen LogP contribution >= 0.6 is 0 Å². The summed E-state index contributed by atoms with van der Waals surface area (Å²) in [4.78, 5) is 4.00. The van der Waals surface area contributed by atoms with Crippen molar-refractivity contribution in [1.29, 1.82) is 0 Å². The van der Waals surface area contributed by atoms with E-state index in [1.165, 1.54) is 16.6 Å². The van der Waals surface area contributed by atoms with E-state index in [1.54, 1.807) is 13.1 Å². The van der Waals surface area contributed by atoms with Crippen LogP contribution in [0.15, 0.2) is 23.2 Å². The van der Waals surface area contributed by atoms with Crippen LogP contribution in [0.5, 0.6) is 0 Å². The largest absolute Gasteiger partial charge is 0.307 e. The lowest BCUT2D eigenvalue weighted by molar-refractivity contribution is 0.464. The first-order valence-electron chi connectivity index (χ1n) is 4.97. The number of rotatable bonds is 4. The zero-order chi connectivity index (χ0) is 11.8. The van der Waals surface area contributed by atoms with Crippen molar-refractivity contribution < 1.29 is 8.42 Å². The van der Waals surface area contributed by atoms with Crippen LogP contribution < -0.4 is 11.3 Å². The lowest BCUT2D eigenvalue weighted by Gasteiger charge is -2.17. The lowest BCUT2D eigenvalue weighted by atomic mass is 10.5. The maximum atomic E-state index is 12.2. The van der Waals surface area contributed by atoms with Gasteiger partial charge in [0, 0.05) is 19.3 Å². The Morgan fingerprint density at radius 1 is 1.56 bits per heavy atom. The van der Waals surface area contributed by atoms with Crippen LogP contribution in [0.25, 0.3) is 0 Å². The molecule has 1 fully saturated rings. The monoisotopic (exact) mass is 242 g/mol. The number of sulfonamides is 1. The molecule has 0 unspecified atom stereocenters. The van der Waals surface area contributed by atoms with Crippen molar-refractivity contribution in [2.75, 3.05) is 12.5 Å². The van der Waals surface area contributed by atoms with E-state index in [-0.39, 0.29) is 16.8 Å². The lowest BCUT2D eigenvalue weighted by Crippen LogP contribution is -2.30. The van der Waals surface area contributed by atoms with Crippen LogP contribution in [0.1, 0.15) is 12.8 Å². The Bertz CT molecular complexity index is 484. The minimum atomic E-state index is -3.49. The van der Waals surface area contributed by atoms with Gasteiger partial charge in [0.25, 0.3) is 0 Å². The molecule has 6 nitrogen and oxygen atoms in total. The molecule has 2 rings (SSSR count). The third-order valence-corrected chi connectivity index (χ3v) is 4.57. The summed E-state index contributed by atoms with van der Waals surface area (Å²) in [5, 5.41) is 0. The second-order valence-corrected chi connectivity index (χ2v) is 5.71. The maximum absolute atomic E-state index is 12.2. The molecule has 0 bridgehead atoms. The summed E-state index contributed by atoms with van der Waals surface area (Å²) in [5.41, 5.74) is 2.30. The van der Waals surface area contributed by atoms with Crippen molar-refractivity contribution in [1.82, 2.24) is 9.29 Å². The maximum Gasteiger partial charge on any atom is 0.246 e. The minimum absolute atomic E-state index is 0.118. The average Bonchev–Trinajstić information content (AvgIpc) is 3.11. The molecule has 0 radical (unpaired) electrons. The van der Waals surface area contributed by atoms with Crippen LogP contribution in [0.4, 0.5) is 5.82 Å². The molecular weight excluding hydrogens is 228 g/mol. The van der Waals surface area contributed by atoms with Gasteiger partial charge in [-0.25, -0.2) is 19.2 Å². The Morgan fingerprint density at radius 2 is 2.25 bits per heavy atom. The van der Waals surface area contributed by atoms with Gasteiger partial charge in [-0.1, -0.05) is 0 Å². The van der Waals surface area contributed by atoms with Crippen LogP contribution in [0.3, 0.4) is 0 Å². The summed E-state index contributed by atoms with van der Waals surface area (Å²) in [6.45, 7) is 0. The Labute approximate surface area is 94.5 Å². The van der Waals surface area contributed by atoms with E-state index in [1.807, 2.05) is 0 Å². The first kappa shape index (κ1) is 11.3. The smallest absolute Gasteiger partial charge is 0.246 e. The highest BCUT2D eigenvalue weighted by molar-refractivity contribution is 7.89. The number of hydrogen-bond donors (Lipinski definition) is 2. The predicted molar refractivity (Wildman–Crippen MR) is 60.0 cm³/mol. The van der Waals surface area contributed by atoms with Gasteiger partial charge >= 0.3 is 0 Å². The van der Waals surface area contributed by atoms with Crippen molar-refractivity contribution in [3.63, 3.8) is 0 Å². The molecule has 1 aliphatic rings. The molecule has 7 heteroatoms. The summed E-state index contributed by atoms with van der Waals surface area (Å²) >= 11 is 0. The number of pyridine rings is 1. The second-order valence-electron chi connectivity index (χ2n) is 3.75. The van der Waals surface area contributed by atoms with E-state index in [0.29, 0.717) is 0 Å². The zero-order valence-corrected chi connectivity index (χ0v) is 9.74. The SMILES string of the molecule is CN(C1CC1)S(=O)(=O)c1cccnc1NN. The summed E-state index contributed by atoms with van der Waals surface area (Å²) in [6.07, 6.45) is 3.33. The van der Waals surface area contributed by atoms with Gasteiger partial charge in [-0.05, 0) is 25.0 Å². The number of hydrazine groups is 1. The van der Waals surface area contributed by atoms with Gasteiger partial charge in [-0.2, -0.15) is 4.31 Å². The quantitative estimate of drug-likeness (QED) is 0.579. The minimum Gasteiger partial charge on any atom is -0.307 e. The summed E-state index contributed by atoms with van der Waals surface area (Å²) in [5.74, 6) is 5.42. The molecule has 88 valence electrons. The molecular formula is C9H14N4O2S. The molecule has 1 aromatic heterocycles. The molecule has 0 amide bonds. The highest BCUT2D eigenvalue weighted by Gasteiger charge is 2.36. The molecule has 3 N–H and O–H groups in total. The Kier molecular flexibility index (Phi) is 2.83. The van der Waals surface area contributed by atoms with Crippen molar-refractivity contribution in [2.45, 2.75) is 23.8 Å². The van der Waals surface area contributed by atoms with E-state index in [2.05, 4.69) is 10.4 Å². The Morgan fingerprint density at radius 3 is 2.81 bits per heavy atom. The van der Waals surface area contributed by atoms with Crippen LogP contribution in [-0.4, -0.2) is 30.8 Å². The topological polar surface area (TPSA) is 88.3 Å². The van der Waals surface area contributed by atoms with Gasteiger partial charge in [-0.3, -0.25) is 0 Å². The van der Waals surface area contributed by atoms with E-state index in [9.17, 15) is 8.42 Å². The van der Waals surface area contributed by atoms with Crippen molar-refractivity contribution in [3.8, 4) is 0 Å². The van der Waals surface area contributed by atoms with Crippen LogP contribution in [0, 0.1) is 0 Å². The number of aromatic nitrogens is 1. The highest BCUT2D eigenvalue weighted by Crippen LogP contribution is 2.31. The van der Waals surface area contributed by atoms with Gasteiger partial charge in [0.15, 0.2) is 5.82 Å². The van der Waals surface area contributed by atoms with Gasteiger partial charge in [0.05, 0.1) is 0 Å². The number of anilines is 1. The molecule has 1 aromatic rings. The summed E-state index contributed by atoms with van der Waals surface area (Å²) in [6, 6.07) is 3.20. The summed E-state index contributed by atoms with van der Waals surface area (Å²) < 4.78 is 25.7. The summed E-state index contributed by atoms with van der Waals surface area (Å²) in [7, 11) is -1.91. The molecule has 0 aliphatic heterocycles. The van der Waals surface area contributed by atoms with Crippen molar-refractivity contribution in [2.24, 2.45) is 5.84 Å². The normalized spacial score (nSPS) is 16.4. The van der Waals surface area contributed by atoms with Crippen molar-refractivity contribution >= 4 is 15.8 Å². The standard InChI is InChI=1S/C9H14N4O2S/c1-13(7-4-5-7)16(14,15)8-3-2-6-11-9(8)12-10/h2-3,6-7H,4-5,10H2,1H3,(H,11,12). The number of nitrogens with zero attached hydrogens (tertiary/aromatic N) is 2. The molecule has 0 spiro atoms. The van der Waals surface area contributed by atoms with E-state index in [4.69, 9.17) is 5.84 Å². The average molecular weight is 242 g/mol. The Balaban J connectivity index is 2.41. The van der Waals surface area contributed by atoms with E-state index < -0.39 is 10.0 Å². The number of nitrogens with one attached hydrogen (secondary N) is 1. The molecule has 0 aromatic carbocycles. The number of nitrogens with two attached hydrogens (primary N) is 1. The van der Waals surface area contributed by atoms with Crippen LogP contribution in [0.2, 0.25) is 0 Å². The predicted octanol–water partition coefficient (Wildman–Crippen LogP) is 0.150. The Hall–Kier alpha value is -1.18. The van der Waals surface area contributed by atoms with Gasteiger partial charge in [0.1, 0.15) is 4.90 Å². The van der Waals surface area contributed by atoms with E-state index >= 15 is 0 Å². The highest BCUT2D eigenvalue weighted by atomic mass is 32.2. The fourth-order valence-corrected chi connectivity index (χ4v) is 3.02. The molecule has 1 saturated carbocycles. The zero-order valence-electron chi connectivity index (χ0n) is 8.92. The third kappa shape index (κ3) is 1.89. The first-order chi connectivity index (χ1) is 7.57. The van der Waals surface area contributed by atoms with E-state index in [0.717, 1.165) is 12.8 Å². The third-order valence-electron chi connectivity index (χ3n) is 2.63. The number of hydrogen-bond acceptors (Lipinski definition) is 5. The van der Waals surface area contributed by atoms with Gasteiger partial charge < -0.3 is 5.43 Å². The first-order valence-corrected chi connectivity index (χ1v) is 6.41. The number of nitrogen functional groups attached to an aromatic ring is 1. The second kappa shape index (κ2) is 4.00. The fourth-order valence-electron chi connectivity index (χ4n) is 1.50. The molecule has 1 aliphatic carbocycles.